The fourth-order valence-electron chi connectivity index (χ4n) is 1.99. The maximum absolute atomic E-state index is 4.58. The van der Waals surface area contributed by atoms with Crippen molar-refractivity contribution in [1.29, 1.82) is 0 Å². The molecule has 0 aliphatic heterocycles. The van der Waals surface area contributed by atoms with Gasteiger partial charge >= 0.3 is 0 Å². The van der Waals surface area contributed by atoms with Crippen LogP contribution >= 0.6 is 0 Å². The van der Waals surface area contributed by atoms with Crippen LogP contribution in [0.3, 0.4) is 0 Å². The van der Waals surface area contributed by atoms with Gasteiger partial charge in [-0.3, -0.25) is 0 Å². The summed E-state index contributed by atoms with van der Waals surface area (Å²) in [5.74, 6) is 0.861. The zero-order valence-electron chi connectivity index (χ0n) is 10.5. The highest BCUT2D eigenvalue weighted by molar-refractivity contribution is 5.78. The first-order valence-electron chi connectivity index (χ1n) is 5.99. The van der Waals surface area contributed by atoms with E-state index in [1.807, 2.05) is 31.3 Å². The average molecular weight is 237 g/mol. The number of H-pyrrole nitrogens is 1. The van der Waals surface area contributed by atoms with Gasteiger partial charge in [0.25, 0.3) is 0 Å². The monoisotopic (exact) mass is 237 g/mol. The van der Waals surface area contributed by atoms with Gasteiger partial charge in [-0.2, -0.15) is 0 Å². The van der Waals surface area contributed by atoms with E-state index in [-0.39, 0.29) is 0 Å². The fraction of sp³-hybridized carbons (Fsp3) is 0.133. The summed E-state index contributed by atoms with van der Waals surface area (Å²) in [6.45, 7) is 2.09. The minimum absolute atomic E-state index is 0.861. The molecular weight excluding hydrogens is 222 g/mol. The standard InChI is InChI=1S/C15H15N3/c1-11-7-9-12(10-8-11)18(2)15-16-13-5-3-4-6-14(13)17-15/h3-10H,1-2H3,(H,16,17). The van der Waals surface area contributed by atoms with Crippen LogP contribution in [0.15, 0.2) is 48.5 Å². The Morgan fingerprint density at radius 1 is 1.00 bits per heavy atom. The highest BCUT2D eigenvalue weighted by Crippen LogP contribution is 2.23. The number of anilines is 2. The Bertz CT molecular complexity index is 635. The lowest BCUT2D eigenvalue weighted by molar-refractivity contribution is 1.10. The summed E-state index contributed by atoms with van der Waals surface area (Å²) in [7, 11) is 2.02. The predicted octanol–water partition coefficient (Wildman–Crippen LogP) is 3.64. The minimum Gasteiger partial charge on any atom is -0.324 e. The minimum atomic E-state index is 0.861. The smallest absolute Gasteiger partial charge is 0.208 e. The molecule has 3 heteroatoms. The number of fused-ring (bicyclic) bond motifs is 1. The molecule has 0 fully saturated rings. The number of imidazole rings is 1. The molecule has 3 rings (SSSR count). The first kappa shape index (κ1) is 10.8. The van der Waals surface area contributed by atoms with Crippen LogP contribution in [-0.2, 0) is 0 Å². The third kappa shape index (κ3) is 1.84. The second-order valence-corrected chi connectivity index (χ2v) is 4.47. The second-order valence-electron chi connectivity index (χ2n) is 4.47. The van der Waals surface area contributed by atoms with Gasteiger partial charge in [-0.25, -0.2) is 4.98 Å². The number of aromatic amines is 1. The molecule has 0 radical (unpaired) electrons. The van der Waals surface area contributed by atoms with Crippen LogP contribution in [0.1, 0.15) is 5.56 Å². The first-order chi connectivity index (χ1) is 8.74. The Morgan fingerprint density at radius 3 is 2.44 bits per heavy atom. The first-order valence-corrected chi connectivity index (χ1v) is 5.99. The van der Waals surface area contributed by atoms with E-state index >= 15 is 0 Å². The Hall–Kier alpha value is -2.29. The molecule has 0 saturated heterocycles. The summed E-state index contributed by atoms with van der Waals surface area (Å²) in [5, 5.41) is 0. The molecule has 0 amide bonds. The molecule has 0 aliphatic carbocycles. The van der Waals surface area contributed by atoms with Crippen LogP contribution in [0.2, 0.25) is 0 Å². The van der Waals surface area contributed by atoms with Crippen LogP contribution < -0.4 is 4.90 Å². The van der Waals surface area contributed by atoms with E-state index in [0.29, 0.717) is 0 Å². The lowest BCUT2D eigenvalue weighted by Crippen LogP contribution is -2.10. The topological polar surface area (TPSA) is 31.9 Å². The van der Waals surface area contributed by atoms with E-state index in [2.05, 4.69) is 46.1 Å². The number of benzene rings is 2. The molecule has 0 atom stereocenters. The van der Waals surface area contributed by atoms with Crippen LogP contribution in [0, 0.1) is 6.92 Å². The molecule has 0 bridgehead atoms. The molecule has 0 saturated carbocycles. The largest absolute Gasteiger partial charge is 0.324 e. The van der Waals surface area contributed by atoms with E-state index in [9.17, 15) is 0 Å². The van der Waals surface area contributed by atoms with Crippen molar-refractivity contribution < 1.29 is 0 Å². The van der Waals surface area contributed by atoms with Gasteiger partial charge in [-0.1, -0.05) is 29.8 Å². The summed E-state index contributed by atoms with van der Waals surface area (Å²) in [4.78, 5) is 9.96. The van der Waals surface area contributed by atoms with Crippen molar-refractivity contribution in [3.8, 4) is 0 Å². The number of aryl methyl sites for hydroxylation is 1. The average Bonchev–Trinajstić information content (AvgIpc) is 2.82. The van der Waals surface area contributed by atoms with E-state index in [1.165, 1.54) is 5.56 Å². The van der Waals surface area contributed by atoms with E-state index in [1.54, 1.807) is 0 Å². The Balaban J connectivity index is 2.00. The van der Waals surface area contributed by atoms with Gasteiger partial charge in [0.15, 0.2) is 0 Å². The van der Waals surface area contributed by atoms with Crippen molar-refractivity contribution in [2.45, 2.75) is 6.92 Å². The Labute approximate surface area is 106 Å². The third-order valence-electron chi connectivity index (χ3n) is 3.12. The molecule has 0 spiro atoms. The number of hydrogen-bond acceptors (Lipinski definition) is 2. The summed E-state index contributed by atoms with van der Waals surface area (Å²) in [6, 6.07) is 16.5. The quantitative estimate of drug-likeness (QED) is 0.738. The molecule has 0 aliphatic rings. The number of para-hydroxylation sites is 2. The zero-order chi connectivity index (χ0) is 12.5. The zero-order valence-corrected chi connectivity index (χ0v) is 10.5. The van der Waals surface area contributed by atoms with Gasteiger partial charge in [0.1, 0.15) is 0 Å². The second kappa shape index (κ2) is 4.18. The van der Waals surface area contributed by atoms with Gasteiger partial charge in [0.2, 0.25) is 5.95 Å². The molecule has 1 N–H and O–H groups in total. The Morgan fingerprint density at radius 2 is 1.72 bits per heavy atom. The van der Waals surface area contributed by atoms with Crippen LogP contribution in [0.4, 0.5) is 11.6 Å². The van der Waals surface area contributed by atoms with Crippen LogP contribution in [-0.4, -0.2) is 17.0 Å². The molecule has 1 aromatic heterocycles. The lowest BCUT2D eigenvalue weighted by atomic mass is 10.2. The van der Waals surface area contributed by atoms with Crippen molar-refractivity contribution in [2.24, 2.45) is 0 Å². The molecule has 18 heavy (non-hydrogen) atoms. The third-order valence-corrected chi connectivity index (χ3v) is 3.12. The number of rotatable bonds is 2. The number of aromatic nitrogens is 2. The van der Waals surface area contributed by atoms with Gasteiger partial charge in [-0.15, -0.1) is 0 Å². The van der Waals surface area contributed by atoms with Crippen molar-refractivity contribution in [3.05, 3.63) is 54.1 Å². The highest BCUT2D eigenvalue weighted by atomic mass is 15.2. The van der Waals surface area contributed by atoms with E-state index in [4.69, 9.17) is 0 Å². The van der Waals surface area contributed by atoms with Crippen molar-refractivity contribution in [1.82, 2.24) is 9.97 Å². The predicted molar refractivity (Wildman–Crippen MR) is 75.3 cm³/mol. The molecule has 3 nitrogen and oxygen atoms in total. The molecular formula is C15H15N3. The van der Waals surface area contributed by atoms with Gasteiger partial charge in [-0.05, 0) is 31.2 Å². The lowest BCUT2D eigenvalue weighted by Gasteiger charge is -2.15. The Kier molecular flexibility index (Phi) is 2.52. The van der Waals surface area contributed by atoms with Crippen LogP contribution in [0.5, 0.6) is 0 Å². The van der Waals surface area contributed by atoms with Gasteiger partial charge in [0, 0.05) is 12.7 Å². The summed E-state index contributed by atoms with van der Waals surface area (Å²) >= 11 is 0. The van der Waals surface area contributed by atoms with Crippen molar-refractivity contribution in [3.63, 3.8) is 0 Å². The summed E-state index contributed by atoms with van der Waals surface area (Å²) in [5.41, 5.74) is 4.44. The van der Waals surface area contributed by atoms with Crippen LogP contribution in [0.25, 0.3) is 11.0 Å². The highest BCUT2D eigenvalue weighted by Gasteiger charge is 2.08. The molecule has 2 aromatic carbocycles. The van der Waals surface area contributed by atoms with E-state index in [0.717, 1.165) is 22.7 Å². The summed E-state index contributed by atoms with van der Waals surface area (Å²) in [6.07, 6.45) is 0. The number of nitrogens with one attached hydrogen (secondary N) is 1. The van der Waals surface area contributed by atoms with Gasteiger partial charge in [0.05, 0.1) is 11.0 Å². The fourth-order valence-corrected chi connectivity index (χ4v) is 1.99. The van der Waals surface area contributed by atoms with Crippen molar-refractivity contribution in [2.75, 3.05) is 11.9 Å². The number of nitrogens with zero attached hydrogens (tertiary/aromatic N) is 2. The molecule has 1 heterocycles. The van der Waals surface area contributed by atoms with Gasteiger partial charge < -0.3 is 9.88 Å². The molecule has 0 unspecified atom stereocenters. The SMILES string of the molecule is Cc1ccc(N(C)c2nc3ccccc3[nH]2)cc1. The summed E-state index contributed by atoms with van der Waals surface area (Å²) < 4.78 is 0. The normalized spacial score (nSPS) is 10.8. The maximum Gasteiger partial charge on any atom is 0.208 e. The molecule has 3 aromatic rings. The van der Waals surface area contributed by atoms with E-state index < -0.39 is 0 Å². The maximum atomic E-state index is 4.58. The number of hydrogen-bond donors (Lipinski definition) is 1. The van der Waals surface area contributed by atoms with Crippen molar-refractivity contribution >= 4 is 22.7 Å². The molecule has 90 valence electrons.